The van der Waals surface area contributed by atoms with E-state index < -0.39 is 0 Å². The van der Waals surface area contributed by atoms with Gasteiger partial charge in [0.1, 0.15) is 11.5 Å². The molecule has 3 aromatic carbocycles. The third-order valence-electron chi connectivity index (χ3n) is 4.61. The van der Waals surface area contributed by atoms with Crippen molar-refractivity contribution in [1.82, 2.24) is 0 Å². The Bertz CT molecular complexity index is 960. The molecule has 0 aromatic heterocycles. The van der Waals surface area contributed by atoms with Crippen molar-refractivity contribution in [2.24, 2.45) is 0 Å². The van der Waals surface area contributed by atoms with Gasteiger partial charge in [0, 0.05) is 17.0 Å². The number of ether oxygens (including phenoxy) is 3. The Morgan fingerprint density at radius 3 is 2.44 bits per heavy atom. The van der Waals surface area contributed by atoms with Gasteiger partial charge < -0.3 is 14.2 Å². The molecule has 2 heterocycles. The summed E-state index contributed by atoms with van der Waals surface area (Å²) in [6, 6.07) is 24.5. The van der Waals surface area contributed by atoms with Crippen LogP contribution in [0.4, 0.5) is 0 Å². The van der Waals surface area contributed by atoms with E-state index in [1.807, 2.05) is 42.5 Å². The standard InChI is InChI=1S/C22H16O3/c1-2-6-15(7-3-1)21-13-18(17-8-4-5-9-19(17)25-21)16-10-11-20-22(12-16)24-14-23-20/h1-13,18H,14H2. The van der Waals surface area contributed by atoms with Gasteiger partial charge in [0.05, 0.1) is 0 Å². The summed E-state index contributed by atoms with van der Waals surface area (Å²) in [6.07, 6.45) is 2.18. The Kier molecular flexibility index (Phi) is 3.23. The first-order valence-electron chi connectivity index (χ1n) is 8.32. The first-order chi connectivity index (χ1) is 12.4. The molecule has 2 aliphatic rings. The Morgan fingerprint density at radius 1 is 0.720 bits per heavy atom. The van der Waals surface area contributed by atoms with Crippen molar-refractivity contribution in [2.75, 3.05) is 6.79 Å². The maximum absolute atomic E-state index is 6.17. The van der Waals surface area contributed by atoms with Crippen LogP contribution in [-0.4, -0.2) is 6.79 Å². The molecule has 0 spiro atoms. The van der Waals surface area contributed by atoms with Crippen molar-refractivity contribution in [2.45, 2.75) is 5.92 Å². The number of hydrogen-bond acceptors (Lipinski definition) is 3. The predicted octanol–water partition coefficient (Wildman–Crippen LogP) is 4.98. The largest absolute Gasteiger partial charge is 0.457 e. The average Bonchev–Trinajstić information content (AvgIpc) is 3.15. The zero-order chi connectivity index (χ0) is 16.6. The summed E-state index contributed by atoms with van der Waals surface area (Å²) < 4.78 is 17.2. The molecule has 122 valence electrons. The number of benzene rings is 3. The molecule has 3 heteroatoms. The summed E-state index contributed by atoms with van der Waals surface area (Å²) in [5, 5.41) is 0. The Balaban J connectivity index is 1.64. The molecule has 1 unspecified atom stereocenters. The highest BCUT2D eigenvalue weighted by atomic mass is 16.7. The maximum Gasteiger partial charge on any atom is 0.231 e. The van der Waals surface area contributed by atoms with Gasteiger partial charge in [0.25, 0.3) is 0 Å². The molecule has 0 saturated heterocycles. The van der Waals surface area contributed by atoms with Gasteiger partial charge in [0.15, 0.2) is 11.5 Å². The number of hydrogen-bond donors (Lipinski definition) is 0. The number of allylic oxidation sites excluding steroid dienone is 1. The zero-order valence-corrected chi connectivity index (χ0v) is 13.5. The molecule has 3 nitrogen and oxygen atoms in total. The number of rotatable bonds is 2. The third kappa shape index (κ3) is 2.45. The topological polar surface area (TPSA) is 27.7 Å². The fourth-order valence-corrected chi connectivity index (χ4v) is 3.36. The van der Waals surface area contributed by atoms with E-state index in [0.717, 1.165) is 39.7 Å². The Hall–Kier alpha value is -3.20. The van der Waals surface area contributed by atoms with Gasteiger partial charge in [0.2, 0.25) is 6.79 Å². The van der Waals surface area contributed by atoms with E-state index in [2.05, 4.69) is 36.4 Å². The number of para-hydroxylation sites is 1. The van der Waals surface area contributed by atoms with E-state index in [4.69, 9.17) is 14.2 Å². The lowest BCUT2D eigenvalue weighted by molar-refractivity contribution is 0.174. The van der Waals surface area contributed by atoms with Gasteiger partial charge in [-0.2, -0.15) is 0 Å². The molecule has 0 saturated carbocycles. The molecule has 0 fully saturated rings. The molecular weight excluding hydrogens is 312 g/mol. The summed E-state index contributed by atoms with van der Waals surface area (Å²) in [6.45, 7) is 0.286. The first-order valence-corrected chi connectivity index (χ1v) is 8.32. The Labute approximate surface area is 146 Å². The van der Waals surface area contributed by atoms with Gasteiger partial charge in [-0.1, -0.05) is 54.6 Å². The zero-order valence-electron chi connectivity index (χ0n) is 13.5. The van der Waals surface area contributed by atoms with Crippen LogP contribution in [0.5, 0.6) is 17.2 Å². The Morgan fingerprint density at radius 2 is 1.52 bits per heavy atom. The fourth-order valence-electron chi connectivity index (χ4n) is 3.36. The summed E-state index contributed by atoms with van der Waals surface area (Å²) in [5.41, 5.74) is 3.39. The van der Waals surface area contributed by atoms with Crippen molar-refractivity contribution in [3.05, 3.63) is 95.6 Å². The van der Waals surface area contributed by atoms with E-state index in [0.29, 0.717) is 0 Å². The molecule has 0 aliphatic carbocycles. The molecule has 0 radical (unpaired) electrons. The van der Waals surface area contributed by atoms with Gasteiger partial charge in [-0.05, 0) is 29.8 Å². The van der Waals surface area contributed by atoms with Crippen LogP contribution in [0.2, 0.25) is 0 Å². The van der Waals surface area contributed by atoms with Crippen LogP contribution in [0.3, 0.4) is 0 Å². The number of fused-ring (bicyclic) bond motifs is 2. The molecule has 0 bridgehead atoms. The van der Waals surface area contributed by atoms with Gasteiger partial charge in [-0.15, -0.1) is 0 Å². The van der Waals surface area contributed by atoms with Crippen molar-refractivity contribution in [3.63, 3.8) is 0 Å². The monoisotopic (exact) mass is 328 g/mol. The van der Waals surface area contributed by atoms with Crippen LogP contribution in [0.1, 0.15) is 22.6 Å². The summed E-state index contributed by atoms with van der Waals surface area (Å²) in [5.74, 6) is 3.48. The van der Waals surface area contributed by atoms with E-state index >= 15 is 0 Å². The predicted molar refractivity (Wildman–Crippen MR) is 95.9 cm³/mol. The van der Waals surface area contributed by atoms with Crippen LogP contribution >= 0.6 is 0 Å². The minimum atomic E-state index is 0.106. The van der Waals surface area contributed by atoms with Crippen LogP contribution in [0.25, 0.3) is 5.76 Å². The van der Waals surface area contributed by atoms with E-state index in [1.54, 1.807) is 0 Å². The summed E-state index contributed by atoms with van der Waals surface area (Å²) in [4.78, 5) is 0. The highest BCUT2D eigenvalue weighted by molar-refractivity contribution is 5.68. The second-order valence-electron chi connectivity index (χ2n) is 6.13. The van der Waals surface area contributed by atoms with E-state index in [-0.39, 0.29) is 12.7 Å². The van der Waals surface area contributed by atoms with E-state index in [9.17, 15) is 0 Å². The molecule has 3 aromatic rings. The van der Waals surface area contributed by atoms with Crippen LogP contribution < -0.4 is 14.2 Å². The summed E-state index contributed by atoms with van der Waals surface area (Å²) >= 11 is 0. The van der Waals surface area contributed by atoms with Gasteiger partial charge in [-0.3, -0.25) is 0 Å². The van der Waals surface area contributed by atoms with Gasteiger partial charge in [-0.25, -0.2) is 0 Å². The van der Waals surface area contributed by atoms with Crippen molar-refractivity contribution in [3.8, 4) is 17.2 Å². The van der Waals surface area contributed by atoms with E-state index in [1.165, 1.54) is 0 Å². The molecule has 0 amide bonds. The SMILES string of the molecule is C1=C(c2ccccc2)Oc2ccccc2C1c1ccc2c(c1)OCO2. The van der Waals surface area contributed by atoms with Crippen LogP contribution in [0.15, 0.2) is 78.9 Å². The van der Waals surface area contributed by atoms with Crippen LogP contribution in [-0.2, 0) is 0 Å². The normalized spacial score (nSPS) is 17.4. The quantitative estimate of drug-likeness (QED) is 0.664. The lowest BCUT2D eigenvalue weighted by Gasteiger charge is -2.25. The molecular formula is C22H16O3. The average molecular weight is 328 g/mol. The van der Waals surface area contributed by atoms with Gasteiger partial charge >= 0.3 is 0 Å². The maximum atomic E-state index is 6.17. The molecule has 1 atom stereocenters. The van der Waals surface area contributed by atoms with Crippen molar-refractivity contribution >= 4 is 5.76 Å². The fraction of sp³-hybridized carbons (Fsp3) is 0.0909. The van der Waals surface area contributed by atoms with Crippen molar-refractivity contribution < 1.29 is 14.2 Å². The lowest BCUT2D eigenvalue weighted by Crippen LogP contribution is -2.10. The second kappa shape index (κ2) is 5.71. The molecule has 5 rings (SSSR count). The van der Waals surface area contributed by atoms with Crippen LogP contribution in [0, 0.1) is 0 Å². The van der Waals surface area contributed by atoms with Crippen molar-refractivity contribution in [1.29, 1.82) is 0 Å². The highest BCUT2D eigenvalue weighted by Crippen LogP contribution is 2.43. The molecule has 0 N–H and O–H groups in total. The first kappa shape index (κ1) is 14.2. The second-order valence-corrected chi connectivity index (χ2v) is 6.13. The summed E-state index contributed by atoms with van der Waals surface area (Å²) in [7, 11) is 0. The minimum Gasteiger partial charge on any atom is -0.457 e. The molecule has 2 aliphatic heterocycles. The molecule has 25 heavy (non-hydrogen) atoms. The lowest BCUT2D eigenvalue weighted by atomic mass is 9.87. The smallest absolute Gasteiger partial charge is 0.231 e. The minimum absolute atomic E-state index is 0.106. The highest BCUT2D eigenvalue weighted by Gasteiger charge is 2.25. The third-order valence-corrected chi connectivity index (χ3v) is 4.61.